The van der Waals surface area contributed by atoms with Crippen LogP contribution in [0.15, 0.2) is 22.6 Å². The number of hydrogen-bond donors (Lipinski definition) is 1. The van der Waals surface area contributed by atoms with Gasteiger partial charge in [0.15, 0.2) is 11.5 Å². The predicted molar refractivity (Wildman–Crippen MR) is 92.4 cm³/mol. The molecule has 2 aromatic rings. The number of nitrogens with one attached hydrogen (secondary N) is 1. The van der Waals surface area contributed by atoms with Gasteiger partial charge < -0.3 is 14.2 Å². The number of rotatable bonds is 7. The molecule has 0 saturated carbocycles. The molecule has 2 rings (SSSR count). The molecule has 128 valence electrons. The van der Waals surface area contributed by atoms with Crippen molar-refractivity contribution in [2.75, 3.05) is 21.3 Å². The van der Waals surface area contributed by atoms with Gasteiger partial charge in [-0.3, -0.25) is 4.79 Å². The Hall–Kier alpha value is -2.61. The molecule has 24 heavy (non-hydrogen) atoms. The van der Waals surface area contributed by atoms with Crippen molar-refractivity contribution in [3.8, 4) is 17.2 Å². The molecule has 0 aliphatic carbocycles. The third-order valence-electron chi connectivity index (χ3n) is 3.14. The lowest BCUT2D eigenvalue weighted by atomic mass is 10.2. The SMILES string of the molecule is COc1ccc(/C=N\NC(=O)Cc2csc(C)n2)c(OC)c1OC. The Kier molecular flexibility index (Phi) is 6.14. The minimum Gasteiger partial charge on any atom is -0.493 e. The topological polar surface area (TPSA) is 82.0 Å². The van der Waals surface area contributed by atoms with Crippen molar-refractivity contribution in [2.45, 2.75) is 13.3 Å². The summed E-state index contributed by atoms with van der Waals surface area (Å²) in [6.45, 7) is 1.90. The van der Waals surface area contributed by atoms with Gasteiger partial charge in [-0.25, -0.2) is 10.4 Å². The fourth-order valence-corrected chi connectivity index (χ4v) is 2.71. The van der Waals surface area contributed by atoms with Crippen LogP contribution in [0.4, 0.5) is 0 Å². The Morgan fingerprint density at radius 1 is 1.25 bits per heavy atom. The maximum Gasteiger partial charge on any atom is 0.246 e. The summed E-state index contributed by atoms with van der Waals surface area (Å²) in [5.41, 5.74) is 3.86. The Morgan fingerprint density at radius 3 is 2.58 bits per heavy atom. The van der Waals surface area contributed by atoms with Crippen molar-refractivity contribution >= 4 is 23.5 Å². The number of hydrogen-bond acceptors (Lipinski definition) is 7. The molecule has 0 fully saturated rings. The summed E-state index contributed by atoms with van der Waals surface area (Å²) in [6, 6.07) is 3.50. The van der Waals surface area contributed by atoms with E-state index in [9.17, 15) is 4.79 Å². The molecule has 1 heterocycles. The standard InChI is InChI=1S/C16H19N3O4S/c1-10-18-12(9-24-10)7-14(20)19-17-8-11-5-6-13(21-2)16(23-4)15(11)22-3/h5-6,8-9H,7H2,1-4H3,(H,19,20)/b17-8-. The van der Waals surface area contributed by atoms with Gasteiger partial charge in [-0.05, 0) is 19.1 Å². The molecule has 7 nitrogen and oxygen atoms in total. The largest absolute Gasteiger partial charge is 0.493 e. The quantitative estimate of drug-likeness (QED) is 0.612. The zero-order valence-electron chi connectivity index (χ0n) is 14.0. The number of aromatic nitrogens is 1. The fourth-order valence-electron chi connectivity index (χ4n) is 2.09. The van der Waals surface area contributed by atoms with Crippen molar-refractivity contribution in [2.24, 2.45) is 5.10 Å². The Morgan fingerprint density at radius 2 is 2.00 bits per heavy atom. The first-order valence-electron chi connectivity index (χ1n) is 7.11. The van der Waals surface area contributed by atoms with Crippen LogP contribution in [0.25, 0.3) is 0 Å². The second-order valence-electron chi connectivity index (χ2n) is 4.75. The lowest BCUT2D eigenvalue weighted by Gasteiger charge is -2.13. The van der Waals surface area contributed by atoms with Gasteiger partial charge in [0, 0.05) is 10.9 Å². The smallest absolute Gasteiger partial charge is 0.246 e. The highest BCUT2D eigenvalue weighted by molar-refractivity contribution is 7.09. The summed E-state index contributed by atoms with van der Waals surface area (Å²) in [4.78, 5) is 16.1. The number of aryl methyl sites for hydroxylation is 1. The molecule has 1 N–H and O–H groups in total. The lowest BCUT2D eigenvalue weighted by molar-refractivity contribution is -0.120. The summed E-state index contributed by atoms with van der Waals surface area (Å²) in [5, 5.41) is 6.74. The van der Waals surface area contributed by atoms with E-state index >= 15 is 0 Å². The van der Waals surface area contributed by atoms with E-state index < -0.39 is 0 Å². The minimum atomic E-state index is -0.240. The number of carbonyl (C=O) groups is 1. The van der Waals surface area contributed by atoms with E-state index in [0.717, 1.165) is 10.7 Å². The van der Waals surface area contributed by atoms with Gasteiger partial charge in [0.2, 0.25) is 11.7 Å². The average Bonchev–Trinajstić information content (AvgIpc) is 2.98. The Balaban J connectivity index is 2.07. The van der Waals surface area contributed by atoms with Crippen molar-refractivity contribution < 1.29 is 19.0 Å². The maximum absolute atomic E-state index is 11.9. The zero-order chi connectivity index (χ0) is 17.5. The molecule has 0 radical (unpaired) electrons. The highest BCUT2D eigenvalue weighted by atomic mass is 32.1. The zero-order valence-corrected chi connectivity index (χ0v) is 14.8. The monoisotopic (exact) mass is 349 g/mol. The van der Waals surface area contributed by atoms with E-state index in [1.165, 1.54) is 31.8 Å². The van der Waals surface area contributed by atoms with E-state index in [1.54, 1.807) is 19.2 Å². The molecule has 0 bridgehead atoms. The molecule has 0 spiro atoms. The summed E-state index contributed by atoms with van der Waals surface area (Å²) in [7, 11) is 4.60. The van der Waals surface area contributed by atoms with E-state index in [2.05, 4.69) is 15.5 Å². The van der Waals surface area contributed by atoms with Crippen LogP contribution in [-0.2, 0) is 11.2 Å². The molecular weight excluding hydrogens is 330 g/mol. The number of thiazole rings is 1. The van der Waals surface area contributed by atoms with Crippen molar-refractivity contribution in [3.63, 3.8) is 0 Å². The van der Waals surface area contributed by atoms with E-state index in [1.807, 2.05) is 12.3 Å². The van der Waals surface area contributed by atoms with Crippen LogP contribution in [0, 0.1) is 6.92 Å². The summed E-state index contributed by atoms with van der Waals surface area (Å²) in [5.74, 6) is 1.25. The van der Waals surface area contributed by atoms with Gasteiger partial charge in [-0.1, -0.05) is 0 Å². The third kappa shape index (κ3) is 4.23. The molecule has 0 aliphatic heterocycles. The van der Waals surface area contributed by atoms with Gasteiger partial charge in [0.1, 0.15) is 0 Å². The number of ether oxygens (including phenoxy) is 3. The van der Waals surface area contributed by atoms with E-state index in [0.29, 0.717) is 22.8 Å². The fraction of sp³-hybridized carbons (Fsp3) is 0.312. The van der Waals surface area contributed by atoms with Gasteiger partial charge in [-0.2, -0.15) is 5.10 Å². The van der Waals surface area contributed by atoms with Crippen LogP contribution in [0.5, 0.6) is 17.2 Å². The molecule has 0 atom stereocenters. The first kappa shape index (κ1) is 17.7. The first-order valence-corrected chi connectivity index (χ1v) is 7.98. The average molecular weight is 349 g/mol. The van der Waals surface area contributed by atoms with Crippen molar-refractivity contribution in [1.29, 1.82) is 0 Å². The highest BCUT2D eigenvalue weighted by Crippen LogP contribution is 2.38. The third-order valence-corrected chi connectivity index (χ3v) is 3.96. The van der Waals surface area contributed by atoms with Crippen LogP contribution >= 0.6 is 11.3 Å². The molecule has 1 amide bonds. The van der Waals surface area contributed by atoms with Gasteiger partial charge in [0.05, 0.1) is 44.7 Å². The summed E-state index contributed by atoms with van der Waals surface area (Å²) < 4.78 is 15.9. The number of methoxy groups -OCH3 is 3. The van der Waals surface area contributed by atoms with Crippen LogP contribution in [0.3, 0.4) is 0 Å². The lowest BCUT2D eigenvalue weighted by Crippen LogP contribution is -2.20. The van der Waals surface area contributed by atoms with Crippen LogP contribution in [0.1, 0.15) is 16.3 Å². The van der Waals surface area contributed by atoms with Crippen LogP contribution in [-0.4, -0.2) is 38.4 Å². The number of carbonyl (C=O) groups excluding carboxylic acids is 1. The van der Waals surface area contributed by atoms with E-state index in [-0.39, 0.29) is 12.3 Å². The second kappa shape index (κ2) is 8.30. The van der Waals surface area contributed by atoms with Gasteiger partial charge in [0.25, 0.3) is 0 Å². The Labute approximate surface area is 144 Å². The van der Waals surface area contributed by atoms with Crippen LogP contribution in [0.2, 0.25) is 0 Å². The molecule has 0 aliphatic rings. The maximum atomic E-state index is 11.9. The molecule has 1 aromatic heterocycles. The van der Waals surface area contributed by atoms with Crippen LogP contribution < -0.4 is 19.6 Å². The Bertz CT molecular complexity index is 743. The summed E-state index contributed by atoms with van der Waals surface area (Å²) in [6.07, 6.45) is 1.68. The molecular formula is C16H19N3O4S. The molecule has 0 saturated heterocycles. The van der Waals surface area contributed by atoms with Gasteiger partial charge >= 0.3 is 0 Å². The van der Waals surface area contributed by atoms with E-state index in [4.69, 9.17) is 14.2 Å². The normalized spacial score (nSPS) is 10.7. The summed E-state index contributed by atoms with van der Waals surface area (Å²) >= 11 is 1.51. The highest BCUT2D eigenvalue weighted by Gasteiger charge is 2.14. The second-order valence-corrected chi connectivity index (χ2v) is 5.81. The molecule has 1 aromatic carbocycles. The van der Waals surface area contributed by atoms with Gasteiger partial charge in [-0.15, -0.1) is 11.3 Å². The molecule has 8 heteroatoms. The predicted octanol–water partition coefficient (Wildman–Crippen LogP) is 2.17. The molecule has 0 unspecified atom stereocenters. The first-order chi connectivity index (χ1) is 11.6. The van der Waals surface area contributed by atoms with Crippen molar-refractivity contribution in [1.82, 2.24) is 10.4 Å². The number of nitrogens with zero attached hydrogens (tertiary/aromatic N) is 2. The number of hydrazone groups is 1. The number of amides is 1. The minimum absolute atomic E-state index is 0.185. The van der Waals surface area contributed by atoms with Crippen molar-refractivity contribution in [3.05, 3.63) is 33.8 Å². The number of benzene rings is 1.